The van der Waals surface area contributed by atoms with Crippen LogP contribution in [0.1, 0.15) is 25.3 Å². The molecule has 5 rings (SSSR count). The smallest absolute Gasteiger partial charge is 0.231 e. The maximum atomic E-state index is 14.8. The van der Waals surface area contributed by atoms with E-state index in [4.69, 9.17) is 11.6 Å². The van der Waals surface area contributed by atoms with Crippen molar-refractivity contribution in [1.29, 1.82) is 0 Å². The van der Waals surface area contributed by atoms with Gasteiger partial charge in [-0.05, 0) is 29.8 Å². The molecule has 2 N–H and O–H groups in total. The second kappa shape index (κ2) is 10.9. The zero-order valence-corrected chi connectivity index (χ0v) is 21.8. The summed E-state index contributed by atoms with van der Waals surface area (Å²) in [6, 6.07) is 16.6. The molecule has 2 aromatic carbocycles. The van der Waals surface area contributed by atoms with Crippen LogP contribution in [0.2, 0.25) is 5.02 Å². The van der Waals surface area contributed by atoms with Crippen molar-refractivity contribution in [1.82, 2.24) is 20.2 Å². The van der Waals surface area contributed by atoms with Gasteiger partial charge in [-0.2, -0.15) is 0 Å². The van der Waals surface area contributed by atoms with E-state index in [1.54, 1.807) is 18.3 Å². The minimum atomic E-state index is -0.294. The second-order valence-electron chi connectivity index (χ2n) is 9.72. The summed E-state index contributed by atoms with van der Waals surface area (Å²) in [7, 11) is 0. The number of carbonyl (C=O) groups is 1. The number of hydrogen-bond acceptors (Lipinski definition) is 4. The summed E-state index contributed by atoms with van der Waals surface area (Å²) in [5, 5.41) is 5.02. The van der Waals surface area contributed by atoms with Gasteiger partial charge in [0.05, 0.1) is 11.6 Å². The van der Waals surface area contributed by atoms with Crippen molar-refractivity contribution in [3.8, 4) is 11.1 Å². The van der Waals surface area contributed by atoms with Gasteiger partial charge in [0.15, 0.2) is 0 Å². The molecule has 1 aliphatic rings. The number of nitrogens with one attached hydrogen (secondary N) is 2. The molecule has 3 heterocycles. The third-order valence-corrected chi connectivity index (χ3v) is 7.18. The van der Waals surface area contributed by atoms with Crippen LogP contribution in [0.5, 0.6) is 0 Å². The molecule has 0 radical (unpaired) electrons. The van der Waals surface area contributed by atoms with Gasteiger partial charge in [-0.25, -0.2) is 9.37 Å². The molecule has 0 bridgehead atoms. The van der Waals surface area contributed by atoms with Crippen LogP contribution in [0, 0.1) is 5.82 Å². The minimum Gasteiger partial charge on any atom is -0.367 e. The zero-order valence-electron chi connectivity index (χ0n) is 21.0. The average molecular weight is 520 g/mol. The number of aromatic amines is 1. The molecule has 6 nitrogen and oxygen atoms in total. The van der Waals surface area contributed by atoms with Crippen LogP contribution in [-0.4, -0.2) is 59.5 Å². The summed E-state index contributed by atoms with van der Waals surface area (Å²) < 4.78 is 14.8. The Morgan fingerprint density at radius 3 is 2.49 bits per heavy atom. The van der Waals surface area contributed by atoms with Crippen LogP contribution in [0.4, 0.5) is 10.1 Å². The summed E-state index contributed by atoms with van der Waals surface area (Å²) >= 11 is 6.10. The van der Waals surface area contributed by atoms with Crippen molar-refractivity contribution in [2.45, 2.75) is 25.8 Å². The normalized spacial score (nSPS) is 14.9. The fourth-order valence-corrected chi connectivity index (χ4v) is 5.10. The first-order valence-corrected chi connectivity index (χ1v) is 13.0. The number of pyridine rings is 1. The fraction of sp³-hybridized carbons (Fsp3) is 0.310. The Morgan fingerprint density at radius 2 is 1.78 bits per heavy atom. The lowest BCUT2D eigenvalue weighted by atomic mass is 9.96. The van der Waals surface area contributed by atoms with Gasteiger partial charge in [-0.3, -0.25) is 4.79 Å². The number of hydrogen-bond donors (Lipinski definition) is 2. The van der Waals surface area contributed by atoms with Crippen molar-refractivity contribution in [2.75, 3.05) is 37.6 Å². The molecular formula is C29H31ClFN5O. The Hall–Kier alpha value is -3.42. The monoisotopic (exact) mass is 519 g/mol. The van der Waals surface area contributed by atoms with Crippen LogP contribution >= 0.6 is 11.6 Å². The third kappa shape index (κ3) is 5.33. The van der Waals surface area contributed by atoms with Gasteiger partial charge in [0.2, 0.25) is 5.91 Å². The molecule has 1 fully saturated rings. The van der Waals surface area contributed by atoms with Crippen molar-refractivity contribution >= 4 is 34.2 Å². The highest BCUT2D eigenvalue weighted by Gasteiger charge is 2.30. The third-order valence-electron chi connectivity index (χ3n) is 6.93. The van der Waals surface area contributed by atoms with Crippen LogP contribution in [0.25, 0.3) is 22.2 Å². The SMILES string of the molecule is CC(C)NC[C@@H](C(=O)N1CCN(c2c(-c3ccccc3F)cnc3[nH]ccc23)CC1)c1ccc(Cl)cc1. The Kier molecular flexibility index (Phi) is 7.44. The molecular weight excluding hydrogens is 489 g/mol. The first-order chi connectivity index (χ1) is 17.9. The number of fused-ring (bicyclic) bond motifs is 1. The summed E-state index contributed by atoms with van der Waals surface area (Å²) in [6.07, 6.45) is 3.59. The molecule has 8 heteroatoms. The number of amides is 1. The van der Waals surface area contributed by atoms with Crippen molar-refractivity contribution in [2.24, 2.45) is 0 Å². The fourth-order valence-electron chi connectivity index (χ4n) is 4.98. The number of nitrogens with zero attached hydrogens (tertiary/aromatic N) is 3. The lowest BCUT2D eigenvalue weighted by Gasteiger charge is -2.38. The Morgan fingerprint density at radius 1 is 1.05 bits per heavy atom. The lowest BCUT2D eigenvalue weighted by molar-refractivity contribution is -0.133. The molecule has 192 valence electrons. The Balaban J connectivity index is 1.39. The van der Waals surface area contributed by atoms with E-state index in [1.165, 1.54) is 6.07 Å². The van der Waals surface area contributed by atoms with Gasteiger partial charge in [0.25, 0.3) is 0 Å². The van der Waals surface area contributed by atoms with E-state index >= 15 is 0 Å². The molecule has 1 atom stereocenters. The highest BCUT2D eigenvalue weighted by atomic mass is 35.5. The van der Waals surface area contributed by atoms with Gasteiger partial charge in [-0.15, -0.1) is 0 Å². The molecule has 0 spiro atoms. The Labute approximate surface area is 221 Å². The topological polar surface area (TPSA) is 64.3 Å². The maximum absolute atomic E-state index is 14.8. The van der Waals surface area contributed by atoms with Gasteiger partial charge in [-0.1, -0.05) is 55.8 Å². The van der Waals surface area contributed by atoms with Crippen LogP contribution in [-0.2, 0) is 4.79 Å². The van der Waals surface area contributed by atoms with Crippen LogP contribution in [0.3, 0.4) is 0 Å². The zero-order chi connectivity index (χ0) is 25.9. The van der Waals surface area contributed by atoms with Crippen molar-refractivity contribution < 1.29 is 9.18 Å². The standard InChI is InChI=1S/C29H31ClFN5O/c1-19(2)33-17-24(20-7-9-21(30)10-8-20)29(37)36-15-13-35(14-16-36)27-23-11-12-32-28(23)34-18-25(27)22-5-3-4-6-26(22)31/h3-12,18-19,24,33H,13-17H2,1-2H3,(H,32,34)/t24-/m1/s1. The van der Waals surface area contributed by atoms with Crippen molar-refractivity contribution in [3.63, 3.8) is 0 Å². The summed E-state index contributed by atoms with van der Waals surface area (Å²) in [6.45, 7) is 7.15. The number of carbonyl (C=O) groups excluding carboxylic acids is 1. The largest absolute Gasteiger partial charge is 0.367 e. The highest BCUT2D eigenvalue weighted by molar-refractivity contribution is 6.30. The van der Waals surface area contributed by atoms with E-state index in [1.807, 2.05) is 47.5 Å². The highest BCUT2D eigenvalue weighted by Crippen LogP contribution is 2.38. The van der Waals surface area contributed by atoms with E-state index in [2.05, 4.69) is 34.0 Å². The number of benzene rings is 2. The summed E-state index contributed by atoms with van der Waals surface area (Å²) in [5.41, 5.74) is 3.93. The predicted molar refractivity (Wildman–Crippen MR) is 148 cm³/mol. The van der Waals surface area contributed by atoms with E-state index in [0.717, 1.165) is 27.8 Å². The van der Waals surface area contributed by atoms with Gasteiger partial charge >= 0.3 is 0 Å². The second-order valence-corrected chi connectivity index (χ2v) is 10.2. The molecule has 2 aromatic heterocycles. The first-order valence-electron chi connectivity index (χ1n) is 12.7. The summed E-state index contributed by atoms with van der Waals surface area (Å²) in [5.74, 6) is -0.471. The number of rotatable bonds is 7. The van der Waals surface area contributed by atoms with Crippen LogP contribution in [0.15, 0.2) is 67.0 Å². The average Bonchev–Trinajstić information content (AvgIpc) is 3.38. The predicted octanol–water partition coefficient (Wildman–Crippen LogP) is 5.45. The molecule has 0 unspecified atom stereocenters. The molecule has 1 aliphatic heterocycles. The van der Waals surface area contributed by atoms with E-state index in [0.29, 0.717) is 43.3 Å². The quantitative estimate of drug-likeness (QED) is 0.340. The molecule has 37 heavy (non-hydrogen) atoms. The van der Waals surface area contributed by atoms with E-state index < -0.39 is 0 Å². The van der Waals surface area contributed by atoms with Gasteiger partial charge in [0.1, 0.15) is 11.5 Å². The number of aromatic nitrogens is 2. The van der Waals surface area contributed by atoms with Gasteiger partial charge < -0.3 is 20.1 Å². The molecule has 0 saturated carbocycles. The number of piperazine rings is 1. The molecule has 1 amide bonds. The number of halogens is 2. The van der Waals surface area contributed by atoms with Gasteiger partial charge in [0, 0.05) is 72.7 Å². The van der Waals surface area contributed by atoms with Crippen molar-refractivity contribution in [3.05, 3.63) is 83.4 Å². The summed E-state index contributed by atoms with van der Waals surface area (Å²) in [4.78, 5) is 25.6. The van der Waals surface area contributed by atoms with E-state index in [-0.39, 0.29) is 23.7 Å². The number of anilines is 1. The number of H-pyrrole nitrogens is 1. The minimum absolute atomic E-state index is 0.103. The Bertz CT molecular complexity index is 1380. The molecule has 0 aliphatic carbocycles. The maximum Gasteiger partial charge on any atom is 0.231 e. The van der Waals surface area contributed by atoms with Crippen LogP contribution < -0.4 is 10.2 Å². The first kappa shape index (κ1) is 25.2. The molecule has 1 saturated heterocycles. The molecule has 4 aromatic rings. The van der Waals surface area contributed by atoms with E-state index in [9.17, 15) is 9.18 Å². The lowest BCUT2D eigenvalue weighted by Crippen LogP contribution is -2.51.